The summed E-state index contributed by atoms with van der Waals surface area (Å²) in [6.45, 7) is 11.1. The van der Waals surface area contributed by atoms with Gasteiger partial charge in [-0.1, -0.05) is 6.92 Å². The van der Waals surface area contributed by atoms with Crippen molar-refractivity contribution in [2.75, 3.05) is 13.1 Å². The standard InChI is InChI=1S/C10H21NO2/c1-6-8-11(7-2)9(12)13-10(3,4)5/h6-8H2,1-5H3. The minimum Gasteiger partial charge on any atom is -0.444 e. The highest BCUT2D eigenvalue weighted by Crippen LogP contribution is 2.09. The molecule has 0 saturated carbocycles. The molecule has 0 aromatic carbocycles. The number of amides is 1. The molecule has 0 bridgehead atoms. The van der Waals surface area contributed by atoms with Crippen LogP contribution in [0.1, 0.15) is 41.0 Å². The summed E-state index contributed by atoms with van der Waals surface area (Å²) in [5, 5.41) is 0. The monoisotopic (exact) mass is 187 g/mol. The quantitative estimate of drug-likeness (QED) is 0.679. The Hall–Kier alpha value is -0.730. The third kappa shape index (κ3) is 5.50. The second kappa shape index (κ2) is 5.10. The molecule has 0 aliphatic carbocycles. The van der Waals surface area contributed by atoms with Crippen LogP contribution in [0.4, 0.5) is 4.79 Å². The lowest BCUT2D eigenvalue weighted by Crippen LogP contribution is -2.37. The molecule has 3 heteroatoms. The van der Waals surface area contributed by atoms with Gasteiger partial charge in [0.05, 0.1) is 0 Å². The van der Waals surface area contributed by atoms with Crippen molar-refractivity contribution in [3.63, 3.8) is 0 Å². The molecule has 0 aliphatic heterocycles. The van der Waals surface area contributed by atoms with E-state index in [1.807, 2.05) is 34.6 Å². The van der Waals surface area contributed by atoms with Crippen molar-refractivity contribution in [3.05, 3.63) is 0 Å². The molecule has 0 aromatic heterocycles. The summed E-state index contributed by atoms with van der Waals surface area (Å²) in [4.78, 5) is 13.2. The van der Waals surface area contributed by atoms with Gasteiger partial charge >= 0.3 is 6.09 Å². The summed E-state index contributed by atoms with van der Waals surface area (Å²) in [6, 6.07) is 0. The van der Waals surface area contributed by atoms with Crippen molar-refractivity contribution in [3.8, 4) is 0 Å². The van der Waals surface area contributed by atoms with E-state index in [2.05, 4.69) is 0 Å². The molecular formula is C10H21NO2. The van der Waals surface area contributed by atoms with E-state index in [0.29, 0.717) is 6.54 Å². The molecule has 0 saturated heterocycles. The Balaban J connectivity index is 4.06. The first-order valence-electron chi connectivity index (χ1n) is 4.88. The van der Waals surface area contributed by atoms with Gasteiger partial charge in [0.1, 0.15) is 5.60 Å². The first-order valence-corrected chi connectivity index (χ1v) is 4.88. The van der Waals surface area contributed by atoms with E-state index in [-0.39, 0.29) is 6.09 Å². The molecule has 0 atom stereocenters. The van der Waals surface area contributed by atoms with Crippen molar-refractivity contribution in [1.29, 1.82) is 0 Å². The number of carbonyl (C=O) groups excluding carboxylic acids is 1. The smallest absolute Gasteiger partial charge is 0.410 e. The van der Waals surface area contributed by atoms with Gasteiger partial charge in [-0.05, 0) is 34.1 Å². The Morgan fingerprint density at radius 2 is 1.85 bits per heavy atom. The average molecular weight is 187 g/mol. The summed E-state index contributed by atoms with van der Waals surface area (Å²) >= 11 is 0. The molecule has 0 fully saturated rings. The van der Waals surface area contributed by atoms with Gasteiger partial charge in [0.15, 0.2) is 0 Å². The van der Waals surface area contributed by atoms with Crippen LogP contribution in [0.15, 0.2) is 0 Å². The lowest BCUT2D eigenvalue weighted by atomic mass is 10.2. The third-order valence-corrected chi connectivity index (χ3v) is 1.53. The first kappa shape index (κ1) is 12.3. The van der Waals surface area contributed by atoms with Gasteiger partial charge in [0.25, 0.3) is 0 Å². The molecule has 0 rings (SSSR count). The van der Waals surface area contributed by atoms with Gasteiger partial charge in [-0.15, -0.1) is 0 Å². The van der Waals surface area contributed by atoms with Gasteiger partial charge in [-0.3, -0.25) is 0 Å². The molecule has 0 heterocycles. The number of ether oxygens (including phenoxy) is 1. The number of rotatable bonds is 3. The minimum absolute atomic E-state index is 0.211. The molecule has 0 spiro atoms. The number of hydrogen-bond donors (Lipinski definition) is 0. The Labute approximate surface area is 81.1 Å². The average Bonchev–Trinajstić information content (AvgIpc) is 1.96. The molecule has 1 amide bonds. The maximum absolute atomic E-state index is 11.5. The zero-order chi connectivity index (χ0) is 10.5. The molecule has 78 valence electrons. The summed E-state index contributed by atoms with van der Waals surface area (Å²) in [5.74, 6) is 0. The Morgan fingerprint density at radius 1 is 1.31 bits per heavy atom. The van der Waals surface area contributed by atoms with Gasteiger partial charge in [-0.2, -0.15) is 0 Å². The molecule has 0 radical (unpaired) electrons. The zero-order valence-corrected chi connectivity index (χ0v) is 9.39. The SMILES string of the molecule is CCCN(CC)C(=O)OC(C)(C)C. The first-order chi connectivity index (χ1) is 5.90. The highest BCUT2D eigenvalue weighted by Gasteiger charge is 2.19. The fraction of sp³-hybridized carbons (Fsp3) is 0.900. The van der Waals surface area contributed by atoms with E-state index >= 15 is 0 Å². The number of nitrogens with zero attached hydrogens (tertiary/aromatic N) is 1. The van der Waals surface area contributed by atoms with E-state index in [1.54, 1.807) is 4.90 Å². The second-order valence-corrected chi connectivity index (χ2v) is 4.06. The van der Waals surface area contributed by atoms with E-state index in [0.717, 1.165) is 13.0 Å². The minimum atomic E-state index is -0.391. The molecular weight excluding hydrogens is 166 g/mol. The number of carbonyl (C=O) groups is 1. The van der Waals surface area contributed by atoms with Crippen LogP contribution in [0.5, 0.6) is 0 Å². The van der Waals surface area contributed by atoms with Gasteiger partial charge in [0.2, 0.25) is 0 Å². The second-order valence-electron chi connectivity index (χ2n) is 4.06. The summed E-state index contributed by atoms with van der Waals surface area (Å²) < 4.78 is 5.23. The topological polar surface area (TPSA) is 29.5 Å². The predicted octanol–water partition coefficient (Wildman–Crippen LogP) is 2.65. The van der Waals surface area contributed by atoms with E-state index in [4.69, 9.17) is 4.74 Å². The van der Waals surface area contributed by atoms with E-state index < -0.39 is 5.60 Å². The highest BCUT2D eigenvalue weighted by atomic mass is 16.6. The van der Waals surface area contributed by atoms with Crippen LogP contribution in [0.2, 0.25) is 0 Å². The zero-order valence-electron chi connectivity index (χ0n) is 9.39. The van der Waals surface area contributed by atoms with Crippen molar-refractivity contribution in [2.24, 2.45) is 0 Å². The van der Waals surface area contributed by atoms with Crippen LogP contribution < -0.4 is 0 Å². The van der Waals surface area contributed by atoms with Crippen LogP contribution in [-0.2, 0) is 4.74 Å². The van der Waals surface area contributed by atoms with Gasteiger partial charge in [-0.25, -0.2) is 4.79 Å². The molecule has 0 unspecified atom stereocenters. The molecule has 3 nitrogen and oxygen atoms in total. The number of hydrogen-bond acceptors (Lipinski definition) is 2. The normalized spacial score (nSPS) is 11.2. The van der Waals surface area contributed by atoms with Crippen molar-refractivity contribution in [1.82, 2.24) is 4.90 Å². The summed E-state index contributed by atoms with van der Waals surface area (Å²) in [6.07, 6.45) is 0.754. The predicted molar refractivity (Wildman–Crippen MR) is 53.8 cm³/mol. The lowest BCUT2D eigenvalue weighted by molar-refractivity contribution is 0.0260. The van der Waals surface area contributed by atoms with E-state index in [9.17, 15) is 4.79 Å². The molecule has 13 heavy (non-hydrogen) atoms. The van der Waals surface area contributed by atoms with Crippen molar-refractivity contribution >= 4 is 6.09 Å². The van der Waals surface area contributed by atoms with Crippen molar-refractivity contribution in [2.45, 2.75) is 46.6 Å². The maximum Gasteiger partial charge on any atom is 0.410 e. The van der Waals surface area contributed by atoms with Crippen LogP contribution in [0, 0.1) is 0 Å². The fourth-order valence-corrected chi connectivity index (χ4v) is 0.975. The Morgan fingerprint density at radius 3 is 2.15 bits per heavy atom. The van der Waals surface area contributed by atoms with Crippen LogP contribution >= 0.6 is 0 Å². The maximum atomic E-state index is 11.5. The molecule has 0 aliphatic rings. The highest BCUT2D eigenvalue weighted by molar-refractivity contribution is 5.67. The largest absolute Gasteiger partial charge is 0.444 e. The third-order valence-electron chi connectivity index (χ3n) is 1.53. The Bertz CT molecular complexity index is 161. The molecule has 0 aromatic rings. The van der Waals surface area contributed by atoms with Crippen LogP contribution in [0.3, 0.4) is 0 Å². The molecule has 0 N–H and O–H groups in total. The fourth-order valence-electron chi connectivity index (χ4n) is 0.975. The van der Waals surface area contributed by atoms with Gasteiger partial charge in [0, 0.05) is 13.1 Å². The lowest BCUT2D eigenvalue weighted by Gasteiger charge is -2.26. The summed E-state index contributed by atoms with van der Waals surface area (Å²) in [7, 11) is 0. The Kier molecular flexibility index (Phi) is 4.81. The van der Waals surface area contributed by atoms with Gasteiger partial charge < -0.3 is 9.64 Å². The van der Waals surface area contributed by atoms with Crippen molar-refractivity contribution < 1.29 is 9.53 Å². The summed E-state index contributed by atoms with van der Waals surface area (Å²) in [5.41, 5.74) is -0.391. The van der Waals surface area contributed by atoms with E-state index in [1.165, 1.54) is 0 Å². The van der Waals surface area contributed by atoms with Crippen LogP contribution in [0.25, 0.3) is 0 Å². The van der Waals surface area contributed by atoms with Crippen LogP contribution in [-0.4, -0.2) is 29.7 Å².